The summed E-state index contributed by atoms with van der Waals surface area (Å²) in [5.41, 5.74) is 2.56. The Kier molecular flexibility index (Phi) is 3.75. The van der Waals surface area contributed by atoms with Crippen LogP contribution >= 0.6 is 0 Å². The normalized spacial score (nSPS) is 22.9. The van der Waals surface area contributed by atoms with Crippen LogP contribution in [0.3, 0.4) is 0 Å². The Labute approximate surface area is 175 Å². The lowest BCUT2D eigenvalue weighted by Crippen LogP contribution is -2.43. The van der Waals surface area contributed by atoms with Crippen molar-refractivity contribution in [1.29, 1.82) is 0 Å². The molecule has 2 fully saturated rings. The van der Waals surface area contributed by atoms with Crippen LogP contribution in [0.5, 0.6) is 0 Å². The van der Waals surface area contributed by atoms with Crippen molar-refractivity contribution >= 4 is 17.4 Å². The molecule has 0 N–H and O–H groups in total. The zero-order valence-electron chi connectivity index (χ0n) is 17.0. The molecule has 2 aliphatic heterocycles. The van der Waals surface area contributed by atoms with Gasteiger partial charge in [0, 0.05) is 44.8 Å². The fraction of sp³-hybridized carbons (Fsp3) is 0.391. The number of nitrogens with zero attached hydrogens (tertiary/aromatic N) is 6. The monoisotopic (exact) mass is 400 g/mol. The van der Waals surface area contributed by atoms with Gasteiger partial charge in [0.1, 0.15) is 5.69 Å². The molecule has 7 heteroatoms. The molecule has 1 unspecified atom stereocenters. The largest absolute Gasteiger partial charge is 0.354 e. The number of benzene rings is 1. The van der Waals surface area contributed by atoms with E-state index in [-0.39, 0.29) is 5.91 Å². The Balaban J connectivity index is 1.29. The van der Waals surface area contributed by atoms with Gasteiger partial charge >= 0.3 is 0 Å². The van der Waals surface area contributed by atoms with Crippen molar-refractivity contribution in [2.45, 2.75) is 24.7 Å². The predicted molar refractivity (Wildman–Crippen MR) is 114 cm³/mol. The number of aromatic nitrogens is 4. The predicted octanol–water partition coefficient (Wildman–Crippen LogP) is 2.78. The third-order valence-electron chi connectivity index (χ3n) is 6.80. The molecule has 1 amide bonds. The lowest BCUT2D eigenvalue weighted by Gasteiger charge is -2.25. The van der Waals surface area contributed by atoms with Gasteiger partial charge in [-0.2, -0.15) is 0 Å². The summed E-state index contributed by atoms with van der Waals surface area (Å²) >= 11 is 0. The van der Waals surface area contributed by atoms with Gasteiger partial charge in [0.25, 0.3) is 0 Å². The molecule has 3 aliphatic rings. The molecule has 6 rings (SSSR count). The maximum absolute atomic E-state index is 13.6. The molecule has 7 nitrogen and oxygen atoms in total. The van der Waals surface area contributed by atoms with Crippen LogP contribution in [0.1, 0.15) is 24.8 Å². The van der Waals surface area contributed by atoms with Crippen LogP contribution in [0.2, 0.25) is 0 Å². The third-order valence-corrected chi connectivity index (χ3v) is 6.80. The zero-order chi connectivity index (χ0) is 20.3. The van der Waals surface area contributed by atoms with Crippen molar-refractivity contribution in [3.8, 4) is 11.5 Å². The topological polar surface area (TPSA) is 67.2 Å². The summed E-state index contributed by atoms with van der Waals surface area (Å²) in [5, 5.41) is 8.87. The second-order valence-electron chi connectivity index (χ2n) is 8.77. The fourth-order valence-corrected chi connectivity index (χ4v) is 4.96. The van der Waals surface area contributed by atoms with E-state index in [1.54, 1.807) is 6.20 Å². The lowest BCUT2D eigenvalue weighted by molar-refractivity contribution is -0.122. The highest BCUT2D eigenvalue weighted by Crippen LogP contribution is 2.49. The Morgan fingerprint density at radius 1 is 1.13 bits per heavy atom. The van der Waals surface area contributed by atoms with Gasteiger partial charge < -0.3 is 14.4 Å². The van der Waals surface area contributed by atoms with E-state index in [2.05, 4.69) is 38.3 Å². The van der Waals surface area contributed by atoms with Gasteiger partial charge in [-0.25, -0.2) is 4.98 Å². The van der Waals surface area contributed by atoms with Crippen molar-refractivity contribution in [2.75, 3.05) is 29.4 Å². The number of anilines is 2. The minimum absolute atomic E-state index is 0.260. The van der Waals surface area contributed by atoms with E-state index in [0.29, 0.717) is 12.5 Å². The van der Waals surface area contributed by atoms with E-state index in [1.807, 2.05) is 40.9 Å². The first kappa shape index (κ1) is 17.6. The van der Waals surface area contributed by atoms with Gasteiger partial charge in [-0.15, -0.1) is 10.2 Å². The number of carbonyl (C=O) groups excluding carboxylic acids is 1. The lowest BCUT2D eigenvalue weighted by atomic mass is 9.81. The summed E-state index contributed by atoms with van der Waals surface area (Å²) in [4.78, 5) is 22.2. The molecule has 30 heavy (non-hydrogen) atoms. The Morgan fingerprint density at radius 2 is 2.00 bits per heavy atom. The number of carbonyl (C=O) groups is 1. The number of aryl methyl sites for hydroxylation is 1. The summed E-state index contributed by atoms with van der Waals surface area (Å²) in [5.74, 6) is 2.54. The van der Waals surface area contributed by atoms with Crippen LogP contribution in [0.4, 0.5) is 11.5 Å². The smallest absolute Gasteiger partial charge is 0.239 e. The van der Waals surface area contributed by atoms with Gasteiger partial charge in [0.05, 0.1) is 5.41 Å². The van der Waals surface area contributed by atoms with Crippen molar-refractivity contribution < 1.29 is 4.79 Å². The van der Waals surface area contributed by atoms with Crippen LogP contribution in [-0.4, -0.2) is 45.3 Å². The summed E-state index contributed by atoms with van der Waals surface area (Å²) < 4.78 is 1.93. The van der Waals surface area contributed by atoms with Crippen LogP contribution in [0, 0.1) is 5.92 Å². The highest BCUT2D eigenvalue weighted by molar-refractivity contribution is 6.09. The second-order valence-corrected chi connectivity index (χ2v) is 8.77. The summed E-state index contributed by atoms with van der Waals surface area (Å²) in [6.45, 7) is 2.31. The quantitative estimate of drug-likeness (QED) is 0.674. The SMILES string of the molecule is Cn1ccnc1-c1ccc(N2CCC3(C2)C(=O)N(CC2CC2)c2ccccc23)nn1. The molecular weight excluding hydrogens is 376 g/mol. The minimum atomic E-state index is -0.467. The van der Waals surface area contributed by atoms with Gasteiger partial charge in [0.15, 0.2) is 11.6 Å². The summed E-state index contributed by atoms with van der Waals surface area (Å²) in [6.07, 6.45) is 6.94. The molecule has 0 radical (unpaired) electrons. The van der Waals surface area contributed by atoms with Crippen molar-refractivity contribution in [1.82, 2.24) is 19.7 Å². The number of para-hydroxylation sites is 1. The average molecular weight is 400 g/mol. The molecule has 1 aromatic carbocycles. The van der Waals surface area contributed by atoms with E-state index in [0.717, 1.165) is 42.5 Å². The second kappa shape index (κ2) is 6.39. The molecule has 152 valence electrons. The maximum Gasteiger partial charge on any atom is 0.239 e. The summed E-state index contributed by atoms with van der Waals surface area (Å²) in [6, 6.07) is 12.3. The fourth-order valence-electron chi connectivity index (χ4n) is 4.96. The average Bonchev–Trinajstić information content (AvgIpc) is 3.23. The van der Waals surface area contributed by atoms with Crippen molar-refractivity contribution in [2.24, 2.45) is 13.0 Å². The molecule has 3 aromatic rings. The molecule has 2 aromatic heterocycles. The molecule has 1 atom stereocenters. The minimum Gasteiger partial charge on any atom is -0.354 e. The Hall–Kier alpha value is -3.22. The van der Waals surface area contributed by atoms with Crippen LogP contribution in [0.25, 0.3) is 11.5 Å². The van der Waals surface area contributed by atoms with Gasteiger partial charge in [-0.3, -0.25) is 4.79 Å². The third kappa shape index (κ3) is 2.57. The number of fused-ring (bicyclic) bond motifs is 2. The maximum atomic E-state index is 13.6. The molecule has 1 spiro atoms. The molecule has 1 saturated heterocycles. The number of amides is 1. The van der Waals surface area contributed by atoms with E-state index in [9.17, 15) is 4.79 Å². The number of imidazole rings is 1. The van der Waals surface area contributed by atoms with E-state index >= 15 is 0 Å². The van der Waals surface area contributed by atoms with Gasteiger partial charge in [-0.05, 0) is 48.9 Å². The van der Waals surface area contributed by atoms with Crippen LogP contribution in [-0.2, 0) is 17.3 Å². The molecule has 4 heterocycles. The highest BCUT2D eigenvalue weighted by atomic mass is 16.2. The molecule has 1 saturated carbocycles. The number of rotatable bonds is 4. The highest BCUT2D eigenvalue weighted by Gasteiger charge is 2.55. The first-order valence-electron chi connectivity index (χ1n) is 10.6. The van der Waals surface area contributed by atoms with E-state index in [1.165, 1.54) is 18.4 Å². The van der Waals surface area contributed by atoms with Crippen LogP contribution in [0.15, 0.2) is 48.8 Å². The molecular formula is C23H24N6O. The van der Waals surface area contributed by atoms with E-state index in [4.69, 9.17) is 0 Å². The first-order chi connectivity index (χ1) is 14.7. The van der Waals surface area contributed by atoms with Crippen molar-refractivity contribution in [3.05, 3.63) is 54.4 Å². The van der Waals surface area contributed by atoms with E-state index < -0.39 is 5.41 Å². The first-order valence-corrected chi connectivity index (χ1v) is 10.6. The molecule has 1 aliphatic carbocycles. The Morgan fingerprint density at radius 3 is 2.73 bits per heavy atom. The standard InChI is InChI=1S/C23H24N6O/c1-27-13-11-24-21(27)18-8-9-20(26-25-18)28-12-10-23(15-28)17-4-2-3-5-19(17)29(22(23)30)14-16-6-7-16/h2-5,8-9,11,13,16H,6-7,10,12,14-15H2,1H3. The van der Waals surface area contributed by atoms with Crippen molar-refractivity contribution in [3.63, 3.8) is 0 Å². The zero-order valence-corrected chi connectivity index (χ0v) is 17.0. The van der Waals surface area contributed by atoms with Gasteiger partial charge in [0.2, 0.25) is 5.91 Å². The van der Waals surface area contributed by atoms with Crippen LogP contribution < -0.4 is 9.80 Å². The number of hydrogen-bond donors (Lipinski definition) is 0. The van der Waals surface area contributed by atoms with Gasteiger partial charge in [-0.1, -0.05) is 18.2 Å². The summed E-state index contributed by atoms with van der Waals surface area (Å²) in [7, 11) is 1.94. The number of hydrogen-bond acceptors (Lipinski definition) is 5. The molecule has 0 bridgehead atoms. The Bertz CT molecular complexity index is 1120.